The van der Waals surface area contributed by atoms with Crippen molar-refractivity contribution >= 4 is 11.0 Å². The minimum Gasteiger partial charge on any atom is -0.493 e. The largest absolute Gasteiger partial charge is 0.493 e. The van der Waals surface area contributed by atoms with Gasteiger partial charge in [0, 0.05) is 22.6 Å². The summed E-state index contributed by atoms with van der Waals surface area (Å²) >= 11 is 0. The molecule has 0 bridgehead atoms. The van der Waals surface area contributed by atoms with E-state index in [1.165, 1.54) is 10.5 Å². The molecule has 5 heteroatoms. The Labute approximate surface area is 165 Å². The first-order chi connectivity index (χ1) is 13.3. The van der Waals surface area contributed by atoms with E-state index in [4.69, 9.17) is 13.9 Å². The third kappa shape index (κ3) is 3.90. The van der Waals surface area contributed by atoms with Crippen LogP contribution in [0.15, 0.2) is 39.5 Å². The van der Waals surface area contributed by atoms with Crippen molar-refractivity contribution < 1.29 is 18.8 Å². The molecular formula is C23H28NO4+. The van der Waals surface area contributed by atoms with Crippen molar-refractivity contribution in [2.45, 2.75) is 33.9 Å². The molecule has 0 aliphatic rings. The predicted octanol–water partition coefficient (Wildman–Crippen LogP) is 2.95. The molecule has 28 heavy (non-hydrogen) atoms. The van der Waals surface area contributed by atoms with E-state index in [0.29, 0.717) is 5.58 Å². The Morgan fingerprint density at radius 3 is 2.21 bits per heavy atom. The Kier molecular flexibility index (Phi) is 5.75. The van der Waals surface area contributed by atoms with Crippen LogP contribution in [0.1, 0.15) is 27.8 Å². The third-order valence-electron chi connectivity index (χ3n) is 5.34. The fourth-order valence-electron chi connectivity index (χ4n) is 3.60. The van der Waals surface area contributed by atoms with Gasteiger partial charge < -0.3 is 18.8 Å². The zero-order valence-corrected chi connectivity index (χ0v) is 17.4. The average molecular weight is 382 g/mol. The Morgan fingerprint density at radius 1 is 0.893 bits per heavy atom. The second-order valence-electron chi connectivity index (χ2n) is 7.42. The maximum Gasteiger partial charge on any atom is 0.336 e. The molecule has 1 aromatic heterocycles. The lowest BCUT2D eigenvalue weighted by Crippen LogP contribution is -3.06. The van der Waals surface area contributed by atoms with Gasteiger partial charge in [-0.1, -0.05) is 12.1 Å². The highest BCUT2D eigenvalue weighted by molar-refractivity contribution is 5.83. The van der Waals surface area contributed by atoms with E-state index in [1.807, 2.05) is 32.0 Å². The molecule has 1 heterocycles. The van der Waals surface area contributed by atoms with Crippen LogP contribution in [0.5, 0.6) is 11.5 Å². The van der Waals surface area contributed by atoms with Crippen molar-refractivity contribution in [3.8, 4) is 11.5 Å². The highest BCUT2D eigenvalue weighted by Gasteiger charge is 2.16. The number of benzene rings is 2. The van der Waals surface area contributed by atoms with E-state index >= 15 is 0 Å². The van der Waals surface area contributed by atoms with E-state index in [-0.39, 0.29) is 5.63 Å². The van der Waals surface area contributed by atoms with Crippen molar-refractivity contribution in [3.05, 3.63) is 68.6 Å². The Balaban J connectivity index is 1.91. The van der Waals surface area contributed by atoms with E-state index in [9.17, 15) is 4.79 Å². The highest BCUT2D eigenvalue weighted by Crippen LogP contribution is 2.30. The molecule has 0 radical (unpaired) electrons. The number of aryl methyl sites for hydroxylation is 3. The number of nitrogens with one attached hydrogen (secondary N) is 1. The van der Waals surface area contributed by atoms with E-state index < -0.39 is 0 Å². The summed E-state index contributed by atoms with van der Waals surface area (Å²) in [6.45, 7) is 7.62. The molecule has 0 aliphatic heterocycles. The van der Waals surface area contributed by atoms with Gasteiger partial charge in [0.05, 0.1) is 21.3 Å². The number of hydrogen-bond donors (Lipinski definition) is 1. The first-order valence-electron chi connectivity index (χ1n) is 9.39. The molecule has 1 atom stereocenters. The number of quaternary nitrogens is 1. The number of methoxy groups -OCH3 is 2. The summed E-state index contributed by atoms with van der Waals surface area (Å²) in [6.07, 6.45) is 0. The van der Waals surface area contributed by atoms with Crippen LogP contribution in [0.3, 0.4) is 0 Å². The molecule has 3 aromatic rings. The Morgan fingerprint density at radius 2 is 1.54 bits per heavy atom. The lowest BCUT2D eigenvalue weighted by Gasteiger charge is -2.18. The number of hydrogen-bond acceptors (Lipinski definition) is 4. The number of ether oxygens (including phenoxy) is 2. The zero-order valence-electron chi connectivity index (χ0n) is 17.4. The first-order valence-corrected chi connectivity index (χ1v) is 9.39. The second kappa shape index (κ2) is 8.07. The maximum absolute atomic E-state index is 12.1. The second-order valence-corrected chi connectivity index (χ2v) is 7.42. The molecule has 3 rings (SSSR count). The van der Waals surface area contributed by atoms with Crippen LogP contribution in [0.2, 0.25) is 0 Å². The van der Waals surface area contributed by atoms with Crippen molar-refractivity contribution in [2.24, 2.45) is 0 Å². The molecule has 0 saturated carbocycles. The van der Waals surface area contributed by atoms with Crippen molar-refractivity contribution in [1.82, 2.24) is 0 Å². The van der Waals surface area contributed by atoms with E-state index in [0.717, 1.165) is 52.2 Å². The van der Waals surface area contributed by atoms with Crippen LogP contribution in [0.25, 0.3) is 11.0 Å². The number of fused-ring (bicyclic) bond motifs is 1. The molecule has 1 N–H and O–H groups in total. The monoisotopic (exact) mass is 382 g/mol. The van der Waals surface area contributed by atoms with Crippen LogP contribution in [-0.2, 0) is 13.1 Å². The lowest BCUT2D eigenvalue weighted by atomic mass is 10.0. The van der Waals surface area contributed by atoms with Crippen molar-refractivity contribution in [1.29, 1.82) is 0 Å². The first kappa shape index (κ1) is 20.0. The standard InChI is InChI=1S/C23H27NO4/c1-14-7-8-19-18(11-22(25)28-23(19)16(14)3)13-24(4)12-17-10-21(27-6)20(26-5)9-15(17)2/h7-11H,12-13H2,1-6H3/p+1. The van der Waals surface area contributed by atoms with Gasteiger partial charge in [0.15, 0.2) is 11.5 Å². The fourth-order valence-corrected chi connectivity index (χ4v) is 3.60. The van der Waals surface area contributed by atoms with Crippen LogP contribution in [0.4, 0.5) is 0 Å². The van der Waals surface area contributed by atoms with Crippen molar-refractivity contribution in [3.63, 3.8) is 0 Å². The quantitative estimate of drug-likeness (QED) is 0.666. The van der Waals surface area contributed by atoms with Crippen LogP contribution >= 0.6 is 0 Å². The fraction of sp³-hybridized carbons (Fsp3) is 0.348. The normalized spacial score (nSPS) is 12.2. The summed E-state index contributed by atoms with van der Waals surface area (Å²) in [7, 11) is 5.41. The van der Waals surface area contributed by atoms with Crippen molar-refractivity contribution in [2.75, 3.05) is 21.3 Å². The van der Waals surface area contributed by atoms with Gasteiger partial charge in [-0.05, 0) is 49.6 Å². The van der Waals surface area contributed by atoms with Gasteiger partial charge in [0.1, 0.15) is 18.7 Å². The topological polar surface area (TPSA) is 53.1 Å². The molecule has 0 amide bonds. The Hall–Kier alpha value is -2.79. The smallest absolute Gasteiger partial charge is 0.336 e. The molecule has 5 nitrogen and oxygen atoms in total. The van der Waals surface area contributed by atoms with Gasteiger partial charge in [0.25, 0.3) is 0 Å². The molecule has 148 valence electrons. The number of rotatable bonds is 6. The highest BCUT2D eigenvalue weighted by atomic mass is 16.5. The lowest BCUT2D eigenvalue weighted by molar-refractivity contribution is -0.907. The summed E-state index contributed by atoms with van der Waals surface area (Å²) in [5.41, 5.74) is 5.88. The van der Waals surface area contributed by atoms with Gasteiger partial charge in [-0.15, -0.1) is 0 Å². The van der Waals surface area contributed by atoms with Gasteiger partial charge in [-0.3, -0.25) is 0 Å². The van der Waals surface area contributed by atoms with Gasteiger partial charge >= 0.3 is 5.63 Å². The molecule has 0 saturated heterocycles. The molecule has 2 aromatic carbocycles. The van der Waals surface area contributed by atoms with Gasteiger partial charge in [-0.2, -0.15) is 0 Å². The Bertz CT molecular complexity index is 1070. The predicted molar refractivity (Wildman–Crippen MR) is 111 cm³/mol. The average Bonchev–Trinajstić information content (AvgIpc) is 2.66. The summed E-state index contributed by atoms with van der Waals surface area (Å²) < 4.78 is 16.3. The van der Waals surface area contributed by atoms with E-state index in [1.54, 1.807) is 20.3 Å². The SMILES string of the molecule is COc1cc(C)c(C[NH+](C)Cc2cc(=O)oc3c(C)c(C)ccc23)cc1OC. The molecule has 0 aliphatic carbocycles. The minimum atomic E-state index is -0.300. The van der Waals surface area contributed by atoms with Crippen LogP contribution in [0, 0.1) is 20.8 Å². The summed E-state index contributed by atoms with van der Waals surface area (Å²) in [5, 5.41) is 1.01. The van der Waals surface area contributed by atoms with Crippen LogP contribution in [-0.4, -0.2) is 21.3 Å². The van der Waals surface area contributed by atoms with Gasteiger partial charge in [-0.25, -0.2) is 4.79 Å². The molecule has 1 unspecified atom stereocenters. The zero-order chi connectivity index (χ0) is 20.4. The summed E-state index contributed by atoms with van der Waals surface area (Å²) in [4.78, 5) is 13.4. The maximum atomic E-state index is 12.1. The van der Waals surface area contributed by atoms with Gasteiger partial charge in [0.2, 0.25) is 0 Å². The van der Waals surface area contributed by atoms with E-state index in [2.05, 4.69) is 20.0 Å². The summed E-state index contributed by atoms with van der Waals surface area (Å²) in [6, 6.07) is 9.77. The minimum absolute atomic E-state index is 0.300. The molecular weight excluding hydrogens is 354 g/mol. The van der Waals surface area contributed by atoms with Crippen LogP contribution < -0.4 is 20.0 Å². The molecule has 0 fully saturated rings. The summed E-state index contributed by atoms with van der Waals surface area (Å²) in [5.74, 6) is 1.46. The third-order valence-corrected chi connectivity index (χ3v) is 5.34. The molecule has 0 spiro atoms.